The van der Waals surface area contributed by atoms with Crippen molar-refractivity contribution in [1.29, 1.82) is 0 Å². The van der Waals surface area contributed by atoms with Gasteiger partial charge in [0.25, 0.3) is 0 Å². The highest BCUT2D eigenvalue weighted by atomic mass is 16.5. The van der Waals surface area contributed by atoms with Crippen LogP contribution in [0.25, 0.3) is 45.1 Å². The van der Waals surface area contributed by atoms with Crippen LogP contribution in [0.3, 0.4) is 0 Å². The van der Waals surface area contributed by atoms with Gasteiger partial charge in [0.2, 0.25) is 35.4 Å². The SMILES string of the molecule is COc1cc(O)cc(OC)c1[C@H]1C2=CC[C@@H]3C(=O)N(c4ccc(-c5nc6ccccc6o5)cc4)C(=O)[C@@H]3[C@@H]2C[C@H]2C(=O)N(c3ccc(-c4nc5ccccc5o4)cc3)C(=O)[C@@H]12. The molecule has 2 saturated heterocycles. The number of fused-ring (bicyclic) bond motifs is 6. The van der Waals surface area contributed by atoms with Gasteiger partial charge in [0.15, 0.2) is 11.2 Å². The molecule has 13 heteroatoms. The van der Waals surface area contributed by atoms with Crippen molar-refractivity contribution in [2.75, 3.05) is 24.0 Å². The third-order valence-electron chi connectivity index (χ3n) is 12.8. The molecule has 0 spiro atoms. The number of methoxy groups -OCH3 is 2. The fraction of sp³-hybridized carbons (Fsp3) is 0.208. The fourth-order valence-electron chi connectivity index (χ4n) is 10.1. The average Bonchev–Trinajstić information content (AvgIpc) is 4.04. The number of para-hydroxylation sites is 4. The maximum Gasteiger partial charge on any atom is 0.238 e. The molecule has 2 aromatic heterocycles. The van der Waals surface area contributed by atoms with E-state index in [0.29, 0.717) is 56.5 Å². The molecule has 302 valence electrons. The number of carbonyl (C=O) groups is 4. The Morgan fingerprint density at radius 3 is 1.61 bits per heavy atom. The number of anilines is 2. The van der Waals surface area contributed by atoms with E-state index in [9.17, 15) is 24.3 Å². The van der Waals surface area contributed by atoms with E-state index in [4.69, 9.17) is 18.3 Å². The molecule has 0 bridgehead atoms. The number of aromatic hydroxyl groups is 1. The molecule has 4 aliphatic rings. The van der Waals surface area contributed by atoms with E-state index in [1.807, 2.05) is 54.6 Å². The van der Waals surface area contributed by atoms with Gasteiger partial charge in [0, 0.05) is 34.7 Å². The maximum absolute atomic E-state index is 14.9. The van der Waals surface area contributed by atoms with E-state index in [0.717, 1.165) is 11.1 Å². The average molecular weight is 813 g/mol. The summed E-state index contributed by atoms with van der Waals surface area (Å²) in [5.41, 5.74) is 6.10. The van der Waals surface area contributed by atoms with E-state index >= 15 is 0 Å². The van der Waals surface area contributed by atoms with Crippen LogP contribution < -0.4 is 19.3 Å². The molecule has 5 aromatic carbocycles. The van der Waals surface area contributed by atoms with Gasteiger partial charge in [-0.15, -0.1) is 0 Å². The van der Waals surface area contributed by atoms with Crippen molar-refractivity contribution >= 4 is 57.2 Å². The van der Waals surface area contributed by atoms with Gasteiger partial charge in [-0.05, 0) is 91.6 Å². The summed E-state index contributed by atoms with van der Waals surface area (Å²) in [5, 5.41) is 10.7. The smallest absolute Gasteiger partial charge is 0.238 e. The first-order chi connectivity index (χ1) is 29.7. The Balaban J connectivity index is 0.959. The number of amides is 4. The highest BCUT2D eigenvalue weighted by Gasteiger charge is 2.63. The molecule has 61 heavy (non-hydrogen) atoms. The van der Waals surface area contributed by atoms with Gasteiger partial charge in [-0.1, -0.05) is 35.9 Å². The van der Waals surface area contributed by atoms with Gasteiger partial charge in [-0.2, -0.15) is 0 Å². The van der Waals surface area contributed by atoms with E-state index < -0.39 is 47.3 Å². The molecule has 2 aliphatic carbocycles. The molecule has 4 amide bonds. The summed E-state index contributed by atoms with van der Waals surface area (Å²) in [6, 6.07) is 31.7. The predicted molar refractivity (Wildman–Crippen MR) is 223 cm³/mol. The monoisotopic (exact) mass is 812 g/mol. The van der Waals surface area contributed by atoms with Crippen molar-refractivity contribution < 1.29 is 42.6 Å². The summed E-state index contributed by atoms with van der Waals surface area (Å²) < 4.78 is 23.6. The zero-order valence-electron chi connectivity index (χ0n) is 32.9. The molecule has 1 saturated carbocycles. The van der Waals surface area contributed by atoms with Crippen molar-refractivity contribution in [3.05, 3.63) is 126 Å². The Hall–Kier alpha value is -7.54. The number of benzene rings is 5. The molecule has 11 rings (SSSR count). The van der Waals surface area contributed by atoms with E-state index in [-0.39, 0.29) is 41.9 Å². The van der Waals surface area contributed by atoms with Crippen LogP contribution in [0, 0.1) is 29.6 Å². The normalized spacial score (nSPS) is 23.3. The molecular formula is C48H36N4O9. The molecule has 13 nitrogen and oxygen atoms in total. The molecule has 4 heterocycles. The van der Waals surface area contributed by atoms with Gasteiger partial charge in [-0.25, -0.2) is 9.97 Å². The molecule has 1 N–H and O–H groups in total. The highest BCUT2D eigenvalue weighted by molar-refractivity contribution is 6.24. The second-order valence-electron chi connectivity index (χ2n) is 15.9. The summed E-state index contributed by atoms with van der Waals surface area (Å²) in [7, 11) is 2.92. The minimum Gasteiger partial charge on any atom is -0.508 e. The van der Waals surface area contributed by atoms with Crippen LogP contribution in [-0.2, 0) is 19.2 Å². The van der Waals surface area contributed by atoms with Crippen molar-refractivity contribution in [3.63, 3.8) is 0 Å². The lowest BCUT2D eigenvalue weighted by molar-refractivity contribution is -0.126. The Bertz CT molecular complexity index is 2910. The van der Waals surface area contributed by atoms with Gasteiger partial charge in [0.1, 0.15) is 28.3 Å². The van der Waals surface area contributed by atoms with Gasteiger partial charge in [-0.3, -0.25) is 29.0 Å². The summed E-state index contributed by atoms with van der Waals surface area (Å²) in [5.74, 6) is -4.88. The predicted octanol–water partition coefficient (Wildman–Crippen LogP) is 8.07. The van der Waals surface area contributed by atoms with Crippen LogP contribution in [-0.4, -0.2) is 52.9 Å². The number of hydrogen-bond acceptors (Lipinski definition) is 11. The van der Waals surface area contributed by atoms with E-state index in [1.165, 1.54) is 36.2 Å². The lowest BCUT2D eigenvalue weighted by Gasteiger charge is -2.44. The molecule has 0 unspecified atom stereocenters. The van der Waals surface area contributed by atoms with Crippen LogP contribution in [0.1, 0.15) is 24.3 Å². The van der Waals surface area contributed by atoms with Gasteiger partial charge in [0.05, 0.1) is 49.3 Å². The molecular weight excluding hydrogens is 777 g/mol. The number of nitrogens with zero attached hydrogens (tertiary/aromatic N) is 4. The second kappa shape index (κ2) is 13.8. The lowest BCUT2D eigenvalue weighted by atomic mass is 9.57. The van der Waals surface area contributed by atoms with Crippen molar-refractivity contribution in [1.82, 2.24) is 9.97 Å². The summed E-state index contributed by atoms with van der Waals surface area (Å²) >= 11 is 0. The Kier molecular flexibility index (Phi) is 8.24. The number of carbonyl (C=O) groups excluding carboxylic acids is 4. The van der Waals surface area contributed by atoms with Crippen molar-refractivity contribution in [3.8, 4) is 40.2 Å². The first kappa shape index (κ1) is 36.5. The largest absolute Gasteiger partial charge is 0.508 e. The molecule has 0 radical (unpaired) electrons. The first-order valence-corrected chi connectivity index (χ1v) is 20.0. The lowest BCUT2D eigenvalue weighted by Crippen LogP contribution is -2.43. The summed E-state index contributed by atoms with van der Waals surface area (Å²) in [6.07, 6.45) is 2.37. The van der Waals surface area contributed by atoms with Gasteiger partial charge >= 0.3 is 0 Å². The van der Waals surface area contributed by atoms with Crippen LogP contribution in [0.2, 0.25) is 0 Å². The maximum atomic E-state index is 14.9. The van der Waals surface area contributed by atoms with E-state index in [2.05, 4.69) is 9.97 Å². The van der Waals surface area contributed by atoms with Crippen LogP contribution in [0.15, 0.2) is 130 Å². The Morgan fingerprint density at radius 2 is 1.10 bits per heavy atom. The third-order valence-corrected chi connectivity index (χ3v) is 12.8. The number of allylic oxidation sites excluding steroid dienone is 2. The van der Waals surface area contributed by atoms with Crippen LogP contribution in [0.4, 0.5) is 11.4 Å². The number of ether oxygens (including phenoxy) is 2. The zero-order chi connectivity index (χ0) is 41.7. The number of oxazole rings is 2. The van der Waals surface area contributed by atoms with Gasteiger partial charge < -0.3 is 23.4 Å². The third kappa shape index (κ3) is 5.53. The van der Waals surface area contributed by atoms with Crippen molar-refractivity contribution in [2.45, 2.75) is 18.8 Å². The molecule has 2 aliphatic heterocycles. The number of phenols is 1. The fourth-order valence-corrected chi connectivity index (χ4v) is 10.1. The molecule has 7 aromatic rings. The number of imide groups is 2. The number of phenolic OH excluding ortho intramolecular Hbond substituents is 1. The second-order valence-corrected chi connectivity index (χ2v) is 15.9. The zero-order valence-corrected chi connectivity index (χ0v) is 32.9. The molecule has 3 fully saturated rings. The van der Waals surface area contributed by atoms with Crippen LogP contribution >= 0.6 is 0 Å². The topological polar surface area (TPSA) is 166 Å². The minimum absolute atomic E-state index is 0.108. The number of hydrogen-bond donors (Lipinski definition) is 1. The van der Waals surface area contributed by atoms with Crippen LogP contribution in [0.5, 0.6) is 17.2 Å². The summed E-state index contributed by atoms with van der Waals surface area (Å²) in [4.78, 5) is 70.3. The van der Waals surface area contributed by atoms with E-state index in [1.54, 1.807) is 48.5 Å². The first-order valence-electron chi connectivity index (χ1n) is 20.0. The molecule has 6 atom stereocenters. The highest BCUT2D eigenvalue weighted by Crippen LogP contribution is 2.61. The standard InChI is InChI=1S/C48H36N4O9/c1-58-37-21-28(53)22-38(59-2)42(37)40-29-19-20-30-39(47(56)51(45(30)54)26-15-11-24(12-16-26)43-49-33-7-3-5-9-35(33)60-43)31(29)23-32-41(40)48(57)52(46(32)55)27-17-13-25(14-18-27)44-50-34-8-4-6-10-36(34)61-44/h3-19,21-22,30-32,39-41,53H,20,23H2,1-2H3/t30-,31+,32+,39-,40-,41+/m0/s1. The quantitative estimate of drug-likeness (QED) is 0.122. The van der Waals surface area contributed by atoms with Crippen molar-refractivity contribution in [2.24, 2.45) is 29.6 Å². The minimum atomic E-state index is -0.904. The number of rotatable bonds is 7. The Morgan fingerprint density at radius 1 is 0.607 bits per heavy atom. The Labute approximate surface area is 347 Å². The number of aromatic nitrogens is 2. The summed E-state index contributed by atoms with van der Waals surface area (Å²) in [6.45, 7) is 0.